The highest BCUT2D eigenvalue weighted by Gasteiger charge is 2.27. The van der Waals surface area contributed by atoms with Gasteiger partial charge in [-0.3, -0.25) is 0 Å². The number of rotatable bonds is 6. The average Bonchev–Trinajstić information content (AvgIpc) is 2.46. The Kier molecular flexibility index (Phi) is 5.18. The zero-order valence-corrected chi connectivity index (χ0v) is 14.9. The van der Waals surface area contributed by atoms with Crippen LogP contribution in [-0.2, 0) is 0 Å². The Balaban J connectivity index is 1.81. The maximum Gasteiger partial charge on any atom is 0.408 e. The lowest BCUT2D eigenvalue weighted by atomic mass is 9.92. The van der Waals surface area contributed by atoms with Gasteiger partial charge in [-0.05, 0) is 39.6 Å². The summed E-state index contributed by atoms with van der Waals surface area (Å²) in [6.07, 6.45) is 1.55. The van der Waals surface area contributed by atoms with Crippen molar-refractivity contribution in [2.45, 2.75) is 5.85 Å². The van der Waals surface area contributed by atoms with Crippen molar-refractivity contribution in [1.82, 2.24) is 10.3 Å². The molecular weight excluding hydrogens is 369 g/mol. The van der Waals surface area contributed by atoms with Crippen molar-refractivity contribution in [3.63, 3.8) is 0 Å². The van der Waals surface area contributed by atoms with E-state index in [-0.39, 0.29) is 11.7 Å². The zero-order chi connectivity index (χ0) is 18.0. The number of nitrogens with zero attached hydrogens (tertiary/aromatic N) is 1. The van der Waals surface area contributed by atoms with Crippen molar-refractivity contribution in [2.24, 2.45) is 5.92 Å². The van der Waals surface area contributed by atoms with Crippen molar-refractivity contribution >= 4 is 38.1 Å². The fourth-order valence-corrected chi connectivity index (χ4v) is 2.77. The molecule has 0 radical (unpaired) electrons. The summed E-state index contributed by atoms with van der Waals surface area (Å²) in [6.45, 7) is 1.47. The summed E-state index contributed by atoms with van der Waals surface area (Å²) in [5.41, 5.74) is 1.59. The molecule has 1 aliphatic rings. The summed E-state index contributed by atoms with van der Waals surface area (Å²) in [6, 6.07) is 7.66. The number of halogens is 3. The van der Waals surface area contributed by atoms with E-state index >= 15 is 0 Å². The van der Waals surface area contributed by atoms with E-state index < -0.39 is 5.85 Å². The molecule has 1 atom stereocenters. The van der Waals surface area contributed by atoms with Gasteiger partial charge in [0, 0.05) is 36.6 Å². The maximum atomic E-state index is 12.8. The fourth-order valence-electron chi connectivity index (χ4n) is 2.39. The summed E-state index contributed by atoms with van der Waals surface area (Å²) in [7, 11) is 1.32. The third-order valence-electron chi connectivity index (χ3n) is 3.73. The number of nitrogens with one attached hydrogen (secondary N) is 3. The van der Waals surface area contributed by atoms with Gasteiger partial charge in [-0.1, -0.05) is 11.6 Å². The van der Waals surface area contributed by atoms with Gasteiger partial charge in [-0.15, -0.1) is 0 Å². The standard InChI is InChI=1S/C16H16ClF2N4OP/c17-12-5-6-22-15(13(12)14(20)9-7-21-8-9)23-10-1-3-11(4-2-10)24-16(18,19)25/h1-6,9,20-21H,7-8,25H2,(H,22,23). The first kappa shape index (κ1) is 18.0. The molecule has 0 bridgehead atoms. The highest BCUT2D eigenvalue weighted by molar-refractivity contribution is 7.17. The molecule has 1 unspecified atom stereocenters. The Morgan fingerprint density at radius 2 is 2.00 bits per heavy atom. The van der Waals surface area contributed by atoms with E-state index in [0.717, 1.165) is 13.1 Å². The van der Waals surface area contributed by atoms with Gasteiger partial charge in [0.2, 0.25) is 0 Å². The molecule has 1 aromatic heterocycles. The lowest BCUT2D eigenvalue weighted by Crippen LogP contribution is -2.46. The molecule has 9 heteroatoms. The monoisotopic (exact) mass is 384 g/mol. The van der Waals surface area contributed by atoms with Gasteiger partial charge in [0.05, 0.1) is 10.6 Å². The average molecular weight is 385 g/mol. The van der Waals surface area contributed by atoms with E-state index in [1.54, 1.807) is 24.4 Å². The lowest BCUT2D eigenvalue weighted by Gasteiger charge is -2.28. The predicted octanol–water partition coefficient (Wildman–Crippen LogP) is 3.87. The van der Waals surface area contributed by atoms with Crippen LogP contribution in [-0.4, -0.2) is 29.6 Å². The first-order valence-corrected chi connectivity index (χ1v) is 8.46. The molecule has 25 heavy (non-hydrogen) atoms. The molecule has 0 aliphatic carbocycles. The van der Waals surface area contributed by atoms with Crippen LogP contribution in [0.15, 0.2) is 36.5 Å². The summed E-state index contributed by atoms with van der Waals surface area (Å²) >= 11 is 6.27. The van der Waals surface area contributed by atoms with E-state index in [1.807, 2.05) is 0 Å². The summed E-state index contributed by atoms with van der Waals surface area (Å²) < 4.78 is 30.1. The molecule has 0 spiro atoms. The molecule has 0 amide bonds. The van der Waals surface area contributed by atoms with Crippen LogP contribution in [0.3, 0.4) is 0 Å². The van der Waals surface area contributed by atoms with Gasteiger partial charge in [0.15, 0.2) is 0 Å². The molecule has 0 saturated carbocycles. The SMILES string of the molecule is N=C(c1c(Cl)ccnc1Nc1ccc(OC(F)(F)P)cc1)C1CNC1. The second kappa shape index (κ2) is 7.20. The number of hydrogen-bond acceptors (Lipinski definition) is 5. The second-order valence-electron chi connectivity index (χ2n) is 5.60. The van der Waals surface area contributed by atoms with Crippen LogP contribution in [0.2, 0.25) is 5.02 Å². The summed E-state index contributed by atoms with van der Waals surface area (Å²) in [4.78, 5) is 4.27. The highest BCUT2D eigenvalue weighted by Crippen LogP contribution is 2.31. The number of ether oxygens (including phenoxy) is 1. The number of anilines is 2. The van der Waals surface area contributed by atoms with E-state index in [4.69, 9.17) is 17.0 Å². The maximum absolute atomic E-state index is 12.8. The molecule has 2 heterocycles. The number of hydrogen-bond donors (Lipinski definition) is 3. The number of alkyl halides is 2. The summed E-state index contributed by atoms with van der Waals surface area (Å²) in [5, 5.41) is 15.0. The largest absolute Gasteiger partial charge is 0.430 e. The minimum absolute atomic E-state index is 0.0399. The van der Waals surface area contributed by atoms with Crippen molar-refractivity contribution < 1.29 is 13.5 Å². The quantitative estimate of drug-likeness (QED) is 0.522. The van der Waals surface area contributed by atoms with E-state index in [9.17, 15) is 8.78 Å². The number of benzene rings is 1. The van der Waals surface area contributed by atoms with E-state index in [0.29, 0.717) is 27.8 Å². The van der Waals surface area contributed by atoms with Crippen LogP contribution >= 0.6 is 20.8 Å². The van der Waals surface area contributed by atoms with Crippen molar-refractivity contribution in [3.8, 4) is 5.75 Å². The molecule has 132 valence electrons. The number of pyridine rings is 1. The van der Waals surface area contributed by atoms with E-state index in [1.165, 1.54) is 21.4 Å². The second-order valence-corrected chi connectivity index (χ2v) is 6.68. The molecule has 1 saturated heterocycles. The van der Waals surface area contributed by atoms with Crippen molar-refractivity contribution in [3.05, 3.63) is 47.1 Å². The predicted molar refractivity (Wildman–Crippen MR) is 97.4 cm³/mol. The lowest BCUT2D eigenvalue weighted by molar-refractivity contribution is -0.0892. The molecule has 1 fully saturated rings. The minimum Gasteiger partial charge on any atom is -0.430 e. The van der Waals surface area contributed by atoms with Gasteiger partial charge < -0.3 is 20.8 Å². The van der Waals surface area contributed by atoms with Gasteiger partial charge in [-0.25, -0.2) is 4.98 Å². The molecule has 3 N–H and O–H groups in total. The van der Waals surface area contributed by atoms with Gasteiger partial charge in [0.25, 0.3) is 0 Å². The summed E-state index contributed by atoms with van der Waals surface area (Å²) in [5.74, 6) is -2.72. The topological polar surface area (TPSA) is 70.0 Å². The third kappa shape index (κ3) is 4.42. The Morgan fingerprint density at radius 3 is 2.56 bits per heavy atom. The van der Waals surface area contributed by atoms with Gasteiger partial charge in [-0.2, -0.15) is 8.78 Å². The zero-order valence-electron chi connectivity index (χ0n) is 13.0. The fraction of sp³-hybridized carbons (Fsp3) is 0.250. The van der Waals surface area contributed by atoms with Crippen LogP contribution in [0.5, 0.6) is 5.75 Å². The van der Waals surface area contributed by atoms with Crippen LogP contribution in [0.4, 0.5) is 20.3 Å². The molecule has 5 nitrogen and oxygen atoms in total. The van der Waals surface area contributed by atoms with E-state index in [2.05, 4.69) is 20.4 Å². The molecule has 3 rings (SSSR count). The Bertz CT molecular complexity index is 779. The molecule has 1 aliphatic heterocycles. The van der Waals surface area contributed by atoms with Crippen molar-refractivity contribution in [1.29, 1.82) is 5.41 Å². The molecule has 2 aromatic rings. The Hall–Kier alpha value is -1.82. The van der Waals surface area contributed by atoms with Gasteiger partial charge in [0.1, 0.15) is 11.6 Å². The smallest absolute Gasteiger partial charge is 0.408 e. The first-order valence-electron chi connectivity index (χ1n) is 7.50. The normalized spacial score (nSPS) is 14.7. The first-order chi connectivity index (χ1) is 11.8. The van der Waals surface area contributed by atoms with Crippen LogP contribution < -0.4 is 15.4 Å². The van der Waals surface area contributed by atoms with Gasteiger partial charge >= 0.3 is 5.85 Å². The van der Waals surface area contributed by atoms with Crippen molar-refractivity contribution in [2.75, 3.05) is 18.4 Å². The highest BCUT2D eigenvalue weighted by atomic mass is 35.5. The minimum atomic E-state index is -3.32. The molecular formula is C16H16ClF2N4OP. The van der Waals surface area contributed by atoms with Crippen LogP contribution in [0.1, 0.15) is 5.56 Å². The third-order valence-corrected chi connectivity index (χ3v) is 4.16. The van der Waals surface area contributed by atoms with Crippen LogP contribution in [0.25, 0.3) is 0 Å². The molecule has 1 aromatic carbocycles. The van der Waals surface area contributed by atoms with Crippen LogP contribution in [0, 0.1) is 11.3 Å². The Morgan fingerprint density at radius 1 is 1.32 bits per heavy atom. The number of aromatic nitrogens is 1. The Labute approximate surface area is 150 Å².